The fourth-order valence-corrected chi connectivity index (χ4v) is 2.25. The normalized spacial score (nSPS) is 11.5. The van der Waals surface area contributed by atoms with Crippen LogP contribution in [0.25, 0.3) is 0 Å². The second-order valence-electron chi connectivity index (χ2n) is 6.06. The summed E-state index contributed by atoms with van der Waals surface area (Å²) in [6, 6.07) is 4.28. The number of nitrogens with one attached hydrogen (secondary N) is 1. The van der Waals surface area contributed by atoms with Crippen molar-refractivity contribution in [2.45, 2.75) is 39.6 Å². The van der Waals surface area contributed by atoms with Gasteiger partial charge in [-0.15, -0.1) is 13.2 Å². The van der Waals surface area contributed by atoms with Gasteiger partial charge in [0.05, 0.1) is 0 Å². The Morgan fingerprint density at radius 1 is 1.27 bits per heavy atom. The van der Waals surface area contributed by atoms with Gasteiger partial charge in [0.1, 0.15) is 11.6 Å². The number of halogens is 4. The summed E-state index contributed by atoms with van der Waals surface area (Å²) in [5.74, 6) is -1.64. The van der Waals surface area contributed by atoms with Crippen LogP contribution in [0.4, 0.5) is 17.6 Å². The molecule has 0 saturated carbocycles. The molecule has 0 aliphatic carbocycles. The summed E-state index contributed by atoms with van der Waals surface area (Å²) >= 11 is 0. The maximum Gasteiger partial charge on any atom is 0.573 e. The molecule has 140 valence electrons. The molecule has 2 aromatic rings. The van der Waals surface area contributed by atoms with Gasteiger partial charge in [0.25, 0.3) is 5.91 Å². The van der Waals surface area contributed by atoms with Crippen molar-refractivity contribution in [3.63, 3.8) is 0 Å². The Bertz CT molecular complexity index is 804. The summed E-state index contributed by atoms with van der Waals surface area (Å²) in [4.78, 5) is 16.6. The van der Waals surface area contributed by atoms with E-state index in [0.29, 0.717) is 11.1 Å². The van der Waals surface area contributed by atoms with Crippen LogP contribution in [0.1, 0.15) is 46.9 Å². The quantitative estimate of drug-likeness (QED) is 0.790. The third-order valence-corrected chi connectivity index (χ3v) is 3.65. The van der Waals surface area contributed by atoms with Crippen molar-refractivity contribution in [1.82, 2.24) is 10.3 Å². The average Bonchev–Trinajstić information content (AvgIpc) is 2.54. The van der Waals surface area contributed by atoms with Gasteiger partial charge in [-0.05, 0) is 42.7 Å². The van der Waals surface area contributed by atoms with E-state index < -0.39 is 23.8 Å². The summed E-state index contributed by atoms with van der Waals surface area (Å²) in [6.07, 6.45) is -3.30. The molecular formula is C18H18F4N2O2. The van der Waals surface area contributed by atoms with Gasteiger partial charge in [0.2, 0.25) is 0 Å². The summed E-state index contributed by atoms with van der Waals surface area (Å²) in [5.41, 5.74) is 1.64. The number of ether oxygens (including phenoxy) is 1. The predicted octanol–water partition coefficient (Wildman–Crippen LogP) is 4.48. The fraction of sp³-hybridized carbons (Fsp3) is 0.333. The van der Waals surface area contributed by atoms with E-state index in [1.807, 2.05) is 13.8 Å². The van der Waals surface area contributed by atoms with Crippen molar-refractivity contribution in [2.24, 2.45) is 0 Å². The van der Waals surface area contributed by atoms with Crippen LogP contribution < -0.4 is 10.1 Å². The van der Waals surface area contributed by atoms with Gasteiger partial charge in [-0.2, -0.15) is 0 Å². The van der Waals surface area contributed by atoms with Gasteiger partial charge in [-0.1, -0.05) is 13.8 Å². The average molecular weight is 370 g/mol. The number of carbonyl (C=O) groups excluding carboxylic acids is 1. The van der Waals surface area contributed by atoms with Crippen LogP contribution in [0.5, 0.6) is 5.75 Å². The molecule has 4 nitrogen and oxygen atoms in total. The van der Waals surface area contributed by atoms with Crippen molar-refractivity contribution >= 4 is 5.91 Å². The van der Waals surface area contributed by atoms with Crippen molar-refractivity contribution in [3.05, 3.63) is 58.7 Å². The van der Waals surface area contributed by atoms with E-state index in [9.17, 15) is 22.4 Å². The summed E-state index contributed by atoms with van der Waals surface area (Å²) in [5, 5.41) is 2.51. The van der Waals surface area contributed by atoms with Crippen molar-refractivity contribution in [3.8, 4) is 5.75 Å². The maximum absolute atomic E-state index is 13.8. The molecule has 0 aliphatic rings. The number of alkyl halides is 3. The van der Waals surface area contributed by atoms with Crippen LogP contribution in [-0.2, 0) is 6.54 Å². The number of aromatic nitrogens is 1. The van der Waals surface area contributed by atoms with E-state index in [1.54, 1.807) is 19.2 Å². The lowest BCUT2D eigenvalue weighted by Crippen LogP contribution is -2.25. The number of hydrogen-bond acceptors (Lipinski definition) is 3. The largest absolute Gasteiger partial charge is 0.573 e. The van der Waals surface area contributed by atoms with Gasteiger partial charge in [-0.25, -0.2) is 4.39 Å². The first-order valence-corrected chi connectivity index (χ1v) is 7.85. The monoisotopic (exact) mass is 370 g/mol. The van der Waals surface area contributed by atoms with E-state index >= 15 is 0 Å². The molecule has 0 bridgehead atoms. The molecule has 2 rings (SSSR count). The van der Waals surface area contributed by atoms with Crippen LogP contribution in [0.2, 0.25) is 0 Å². The lowest BCUT2D eigenvalue weighted by Gasteiger charge is -2.13. The Kier molecular flexibility index (Phi) is 5.84. The number of nitrogens with zero attached hydrogens (tertiary/aromatic N) is 1. The molecule has 26 heavy (non-hydrogen) atoms. The molecule has 1 aromatic heterocycles. The van der Waals surface area contributed by atoms with E-state index in [0.717, 1.165) is 23.9 Å². The zero-order chi connectivity index (χ0) is 19.5. The zero-order valence-corrected chi connectivity index (χ0v) is 14.4. The number of aryl methyl sites for hydroxylation is 1. The highest BCUT2D eigenvalue weighted by molar-refractivity contribution is 5.95. The molecule has 0 unspecified atom stereocenters. The van der Waals surface area contributed by atoms with Gasteiger partial charge in [0, 0.05) is 29.6 Å². The lowest BCUT2D eigenvalue weighted by molar-refractivity contribution is -0.274. The molecule has 0 radical (unpaired) electrons. The second kappa shape index (κ2) is 7.72. The molecule has 0 spiro atoms. The smallest absolute Gasteiger partial charge is 0.406 e. The van der Waals surface area contributed by atoms with E-state index in [-0.39, 0.29) is 18.0 Å². The first-order chi connectivity index (χ1) is 12.1. The van der Waals surface area contributed by atoms with Gasteiger partial charge in [-0.3, -0.25) is 9.78 Å². The van der Waals surface area contributed by atoms with E-state index in [4.69, 9.17) is 0 Å². The van der Waals surface area contributed by atoms with Crippen LogP contribution >= 0.6 is 0 Å². The number of rotatable bonds is 5. The van der Waals surface area contributed by atoms with E-state index in [1.165, 1.54) is 0 Å². The summed E-state index contributed by atoms with van der Waals surface area (Å²) in [6.45, 7) is 5.30. The summed E-state index contributed by atoms with van der Waals surface area (Å²) < 4.78 is 54.4. The van der Waals surface area contributed by atoms with Crippen LogP contribution in [0.15, 0.2) is 30.5 Å². The minimum atomic E-state index is -4.88. The highest BCUT2D eigenvalue weighted by atomic mass is 19.4. The fourth-order valence-electron chi connectivity index (χ4n) is 2.25. The SMILES string of the molecule is Cc1cnc(C(C)C)cc1C(=O)NCc1cc(OC(F)(F)F)ccc1F. The van der Waals surface area contributed by atoms with Crippen LogP contribution in [0, 0.1) is 12.7 Å². The van der Waals surface area contributed by atoms with Gasteiger partial charge in [0.15, 0.2) is 0 Å². The van der Waals surface area contributed by atoms with Crippen molar-refractivity contribution in [2.75, 3.05) is 0 Å². The Morgan fingerprint density at radius 3 is 2.58 bits per heavy atom. The molecule has 0 aliphatic heterocycles. The zero-order valence-electron chi connectivity index (χ0n) is 14.4. The Balaban J connectivity index is 2.15. The first kappa shape index (κ1) is 19.7. The molecule has 1 N–H and O–H groups in total. The highest BCUT2D eigenvalue weighted by Gasteiger charge is 2.31. The number of amides is 1. The minimum absolute atomic E-state index is 0.115. The minimum Gasteiger partial charge on any atom is -0.406 e. The Hall–Kier alpha value is -2.64. The molecule has 1 heterocycles. The number of hydrogen-bond donors (Lipinski definition) is 1. The molecule has 8 heteroatoms. The Morgan fingerprint density at radius 2 is 1.96 bits per heavy atom. The maximum atomic E-state index is 13.8. The molecular weight excluding hydrogens is 352 g/mol. The van der Waals surface area contributed by atoms with Crippen LogP contribution in [0.3, 0.4) is 0 Å². The number of benzene rings is 1. The molecule has 0 saturated heterocycles. The number of carbonyl (C=O) groups is 1. The first-order valence-electron chi connectivity index (χ1n) is 7.85. The van der Waals surface area contributed by atoms with Crippen molar-refractivity contribution in [1.29, 1.82) is 0 Å². The van der Waals surface area contributed by atoms with Crippen LogP contribution in [-0.4, -0.2) is 17.3 Å². The highest BCUT2D eigenvalue weighted by Crippen LogP contribution is 2.24. The third kappa shape index (κ3) is 5.18. The topological polar surface area (TPSA) is 51.2 Å². The van der Waals surface area contributed by atoms with E-state index in [2.05, 4.69) is 15.0 Å². The van der Waals surface area contributed by atoms with Crippen molar-refractivity contribution < 1.29 is 27.1 Å². The van der Waals surface area contributed by atoms with Gasteiger partial charge < -0.3 is 10.1 Å². The van der Waals surface area contributed by atoms with Gasteiger partial charge >= 0.3 is 6.36 Å². The number of pyridine rings is 1. The predicted molar refractivity (Wildman–Crippen MR) is 87.3 cm³/mol. The molecule has 1 aromatic carbocycles. The molecule has 1 amide bonds. The standard InChI is InChI=1S/C18H18F4N2O2/c1-10(2)16-7-14(11(3)8-23-16)17(25)24-9-12-6-13(4-5-15(12)19)26-18(20,21)22/h4-8,10H,9H2,1-3H3,(H,24,25). The summed E-state index contributed by atoms with van der Waals surface area (Å²) in [7, 11) is 0. The lowest BCUT2D eigenvalue weighted by atomic mass is 10.0. The molecule has 0 atom stereocenters. The second-order valence-corrected chi connectivity index (χ2v) is 6.06. The third-order valence-electron chi connectivity index (χ3n) is 3.65. The molecule has 0 fully saturated rings. The Labute approximate surface area is 148 Å².